The number of hydrogen-bond donors (Lipinski definition) is 2. The zero-order valence-electron chi connectivity index (χ0n) is 10.7. The number of hydrogen-bond acceptors (Lipinski definition) is 4. The number of aromatic carboxylic acids is 1. The van der Waals surface area contributed by atoms with Gasteiger partial charge in [-0.05, 0) is 36.8 Å². The second-order valence-electron chi connectivity index (χ2n) is 4.14. The van der Waals surface area contributed by atoms with Gasteiger partial charge in [0, 0.05) is 12.3 Å². The molecule has 6 heteroatoms. The third-order valence-corrected chi connectivity index (χ3v) is 2.66. The molecule has 1 aromatic carbocycles. The fourth-order valence-corrected chi connectivity index (χ4v) is 1.60. The summed E-state index contributed by atoms with van der Waals surface area (Å²) in [6, 6.07) is 7.54. The van der Waals surface area contributed by atoms with E-state index in [2.05, 4.69) is 4.98 Å². The van der Waals surface area contributed by atoms with Gasteiger partial charge < -0.3 is 15.6 Å². The molecule has 0 bridgehead atoms. The SMILES string of the molecule is Cc1cc(C(=O)O)ccc1Oc1ccc(C(N)=O)cn1. The number of carboxylic acid groups (broad SMARTS) is 1. The van der Waals surface area contributed by atoms with Crippen molar-refractivity contribution < 1.29 is 19.4 Å². The lowest BCUT2D eigenvalue weighted by Crippen LogP contribution is -2.10. The minimum absolute atomic E-state index is 0.187. The summed E-state index contributed by atoms with van der Waals surface area (Å²) < 4.78 is 5.52. The van der Waals surface area contributed by atoms with E-state index in [4.69, 9.17) is 15.6 Å². The second kappa shape index (κ2) is 5.40. The van der Waals surface area contributed by atoms with Gasteiger partial charge >= 0.3 is 5.97 Å². The standard InChI is InChI=1S/C14H12N2O4/c1-8-6-9(14(18)19)2-4-11(8)20-12-5-3-10(7-16-12)13(15)17/h2-7H,1H3,(H2,15,17)(H,18,19). The van der Waals surface area contributed by atoms with Crippen LogP contribution in [0.5, 0.6) is 11.6 Å². The number of aryl methyl sites for hydroxylation is 1. The Morgan fingerprint density at radius 3 is 2.40 bits per heavy atom. The summed E-state index contributed by atoms with van der Waals surface area (Å²) in [6.07, 6.45) is 1.32. The second-order valence-corrected chi connectivity index (χ2v) is 4.14. The topological polar surface area (TPSA) is 103 Å². The van der Waals surface area contributed by atoms with Crippen LogP contribution >= 0.6 is 0 Å². The van der Waals surface area contributed by atoms with Crippen LogP contribution in [0.15, 0.2) is 36.5 Å². The van der Waals surface area contributed by atoms with Crippen molar-refractivity contribution in [3.63, 3.8) is 0 Å². The van der Waals surface area contributed by atoms with Crippen LogP contribution < -0.4 is 10.5 Å². The first-order valence-electron chi connectivity index (χ1n) is 5.75. The van der Waals surface area contributed by atoms with E-state index in [1.807, 2.05) is 0 Å². The molecule has 2 aromatic rings. The van der Waals surface area contributed by atoms with Crippen molar-refractivity contribution in [2.24, 2.45) is 5.73 Å². The Morgan fingerprint density at radius 2 is 1.90 bits per heavy atom. The smallest absolute Gasteiger partial charge is 0.335 e. The molecule has 2 rings (SSSR count). The molecule has 0 unspecified atom stereocenters. The fourth-order valence-electron chi connectivity index (χ4n) is 1.60. The molecule has 0 aliphatic heterocycles. The lowest BCUT2D eigenvalue weighted by Gasteiger charge is -2.08. The number of rotatable bonds is 4. The van der Waals surface area contributed by atoms with E-state index in [0.717, 1.165) is 0 Å². The zero-order valence-corrected chi connectivity index (χ0v) is 10.7. The van der Waals surface area contributed by atoms with E-state index >= 15 is 0 Å². The Kier molecular flexibility index (Phi) is 3.65. The third kappa shape index (κ3) is 2.92. The zero-order chi connectivity index (χ0) is 14.7. The average Bonchev–Trinajstić information content (AvgIpc) is 2.41. The van der Waals surface area contributed by atoms with Gasteiger partial charge in [0.25, 0.3) is 0 Å². The number of amides is 1. The van der Waals surface area contributed by atoms with Gasteiger partial charge in [-0.15, -0.1) is 0 Å². The Hall–Kier alpha value is -2.89. The normalized spacial score (nSPS) is 10.1. The van der Waals surface area contributed by atoms with Gasteiger partial charge in [-0.25, -0.2) is 9.78 Å². The number of pyridine rings is 1. The van der Waals surface area contributed by atoms with E-state index < -0.39 is 11.9 Å². The summed E-state index contributed by atoms with van der Waals surface area (Å²) >= 11 is 0. The molecule has 0 saturated carbocycles. The van der Waals surface area contributed by atoms with Crippen molar-refractivity contribution in [3.8, 4) is 11.6 Å². The summed E-state index contributed by atoms with van der Waals surface area (Å²) in [5, 5.41) is 8.88. The Morgan fingerprint density at radius 1 is 1.20 bits per heavy atom. The molecule has 20 heavy (non-hydrogen) atoms. The molecule has 0 saturated heterocycles. The van der Waals surface area contributed by atoms with Crippen LogP contribution in [0.1, 0.15) is 26.3 Å². The molecule has 1 aromatic heterocycles. The van der Waals surface area contributed by atoms with E-state index in [-0.39, 0.29) is 11.1 Å². The number of primary amides is 1. The number of aromatic nitrogens is 1. The largest absolute Gasteiger partial charge is 0.478 e. The number of carboxylic acids is 1. The van der Waals surface area contributed by atoms with Crippen LogP contribution in [0.3, 0.4) is 0 Å². The minimum atomic E-state index is -0.997. The number of carbonyl (C=O) groups excluding carboxylic acids is 1. The maximum absolute atomic E-state index is 10.9. The fraction of sp³-hybridized carbons (Fsp3) is 0.0714. The molecule has 102 valence electrons. The highest BCUT2D eigenvalue weighted by Gasteiger charge is 2.08. The molecular formula is C14H12N2O4. The Bertz CT molecular complexity index is 665. The number of carbonyl (C=O) groups is 2. The van der Waals surface area contributed by atoms with Gasteiger partial charge in [-0.2, -0.15) is 0 Å². The molecule has 0 aliphatic rings. The lowest BCUT2D eigenvalue weighted by molar-refractivity contribution is 0.0696. The highest BCUT2D eigenvalue weighted by molar-refractivity contribution is 5.92. The number of nitrogens with two attached hydrogens (primary N) is 1. The van der Waals surface area contributed by atoms with E-state index in [0.29, 0.717) is 17.2 Å². The van der Waals surface area contributed by atoms with Crippen molar-refractivity contribution >= 4 is 11.9 Å². The maximum atomic E-state index is 10.9. The van der Waals surface area contributed by atoms with Crippen molar-refractivity contribution in [1.29, 1.82) is 0 Å². The predicted octanol–water partition coefficient (Wildman–Crippen LogP) is 1.98. The minimum Gasteiger partial charge on any atom is -0.478 e. The van der Waals surface area contributed by atoms with Crippen LogP contribution in [0, 0.1) is 6.92 Å². The monoisotopic (exact) mass is 272 g/mol. The van der Waals surface area contributed by atoms with Crippen LogP contribution in [-0.4, -0.2) is 22.0 Å². The molecule has 0 atom stereocenters. The molecule has 1 amide bonds. The first kappa shape index (κ1) is 13.5. The molecule has 1 heterocycles. The first-order chi connectivity index (χ1) is 9.47. The van der Waals surface area contributed by atoms with Gasteiger partial charge in [0.1, 0.15) is 5.75 Å². The first-order valence-corrected chi connectivity index (χ1v) is 5.75. The van der Waals surface area contributed by atoms with E-state index in [1.54, 1.807) is 13.0 Å². The van der Waals surface area contributed by atoms with Crippen LogP contribution in [0.4, 0.5) is 0 Å². The Labute approximate surface area is 114 Å². The lowest BCUT2D eigenvalue weighted by atomic mass is 10.1. The van der Waals surface area contributed by atoms with E-state index in [1.165, 1.54) is 30.5 Å². The number of ether oxygens (including phenoxy) is 1. The van der Waals surface area contributed by atoms with Crippen molar-refractivity contribution in [2.45, 2.75) is 6.92 Å². The van der Waals surface area contributed by atoms with Gasteiger partial charge in [0.15, 0.2) is 0 Å². The van der Waals surface area contributed by atoms with Gasteiger partial charge in [-0.3, -0.25) is 4.79 Å². The molecule has 6 nitrogen and oxygen atoms in total. The number of benzene rings is 1. The molecule has 0 fully saturated rings. The molecule has 0 aliphatic carbocycles. The highest BCUT2D eigenvalue weighted by atomic mass is 16.5. The van der Waals surface area contributed by atoms with Crippen LogP contribution in [0.25, 0.3) is 0 Å². The van der Waals surface area contributed by atoms with Crippen molar-refractivity contribution in [2.75, 3.05) is 0 Å². The van der Waals surface area contributed by atoms with Gasteiger partial charge in [0.2, 0.25) is 11.8 Å². The molecule has 3 N–H and O–H groups in total. The van der Waals surface area contributed by atoms with Crippen LogP contribution in [-0.2, 0) is 0 Å². The summed E-state index contributed by atoms with van der Waals surface area (Å²) in [5.74, 6) is -0.773. The average molecular weight is 272 g/mol. The molecular weight excluding hydrogens is 260 g/mol. The summed E-state index contributed by atoms with van der Waals surface area (Å²) in [7, 11) is 0. The summed E-state index contributed by atoms with van der Waals surface area (Å²) in [5.41, 5.74) is 6.26. The predicted molar refractivity (Wildman–Crippen MR) is 71.0 cm³/mol. The number of nitrogens with zero attached hydrogens (tertiary/aromatic N) is 1. The van der Waals surface area contributed by atoms with Crippen molar-refractivity contribution in [3.05, 3.63) is 53.2 Å². The third-order valence-electron chi connectivity index (χ3n) is 2.66. The quantitative estimate of drug-likeness (QED) is 0.885. The van der Waals surface area contributed by atoms with Crippen molar-refractivity contribution in [1.82, 2.24) is 4.98 Å². The summed E-state index contributed by atoms with van der Waals surface area (Å²) in [4.78, 5) is 25.7. The van der Waals surface area contributed by atoms with Gasteiger partial charge in [0.05, 0.1) is 11.1 Å². The van der Waals surface area contributed by atoms with Gasteiger partial charge in [-0.1, -0.05) is 0 Å². The Balaban J connectivity index is 2.21. The maximum Gasteiger partial charge on any atom is 0.335 e. The summed E-state index contributed by atoms with van der Waals surface area (Å²) in [6.45, 7) is 1.74. The molecule has 0 spiro atoms. The highest BCUT2D eigenvalue weighted by Crippen LogP contribution is 2.24. The van der Waals surface area contributed by atoms with E-state index in [9.17, 15) is 9.59 Å². The van der Waals surface area contributed by atoms with Crippen LogP contribution in [0.2, 0.25) is 0 Å². The molecule has 0 radical (unpaired) electrons.